The summed E-state index contributed by atoms with van der Waals surface area (Å²) in [5.41, 5.74) is 1.12. The Morgan fingerprint density at radius 2 is 1.75 bits per heavy atom. The van der Waals surface area contributed by atoms with Crippen molar-refractivity contribution in [3.63, 3.8) is 0 Å². The Morgan fingerprint density at radius 3 is 2.40 bits per heavy atom. The van der Waals surface area contributed by atoms with E-state index in [2.05, 4.69) is 29.8 Å². The van der Waals surface area contributed by atoms with Gasteiger partial charge in [-0.05, 0) is 65.5 Å². The fraction of sp³-hybridized carbons (Fsp3) is 0.300. The summed E-state index contributed by atoms with van der Waals surface area (Å²) in [5.74, 6) is 1.45. The maximum absolute atomic E-state index is 14.1. The van der Waals surface area contributed by atoms with Gasteiger partial charge in [0.15, 0.2) is 0 Å². The smallest absolute Gasteiger partial charge is 0.266 e. The lowest BCUT2D eigenvalue weighted by Crippen LogP contribution is -2.38. The van der Waals surface area contributed by atoms with Crippen LogP contribution in [0.25, 0.3) is 16.6 Å². The summed E-state index contributed by atoms with van der Waals surface area (Å²) < 4.78 is 13.1. The van der Waals surface area contributed by atoms with E-state index < -0.39 is 6.04 Å². The second-order valence-corrected chi connectivity index (χ2v) is 11.4. The maximum Gasteiger partial charge on any atom is 0.266 e. The van der Waals surface area contributed by atoms with E-state index in [1.807, 2.05) is 13.0 Å². The highest BCUT2D eigenvalue weighted by Gasteiger charge is 2.29. The van der Waals surface area contributed by atoms with E-state index in [1.54, 1.807) is 60.5 Å². The van der Waals surface area contributed by atoms with Gasteiger partial charge in [-0.15, -0.1) is 0 Å². The lowest BCUT2D eigenvalue weighted by atomic mass is 10.1. The van der Waals surface area contributed by atoms with E-state index in [0.29, 0.717) is 61.4 Å². The van der Waals surface area contributed by atoms with E-state index in [9.17, 15) is 9.59 Å². The highest BCUT2D eigenvalue weighted by molar-refractivity contribution is 9.10. The Bertz CT molecular complexity index is 1620. The van der Waals surface area contributed by atoms with Gasteiger partial charge < -0.3 is 14.4 Å². The van der Waals surface area contributed by atoms with Gasteiger partial charge in [0.2, 0.25) is 0 Å². The van der Waals surface area contributed by atoms with Crippen LogP contribution in [-0.2, 0) is 0 Å². The summed E-state index contributed by atoms with van der Waals surface area (Å²) in [6, 6.07) is 14.8. The number of fused-ring (bicyclic) bond motifs is 1. The van der Waals surface area contributed by atoms with Crippen LogP contribution in [0.3, 0.4) is 0 Å². The molecule has 1 unspecified atom stereocenters. The number of benzene rings is 3. The van der Waals surface area contributed by atoms with Gasteiger partial charge in [-0.1, -0.05) is 49.2 Å². The largest absolute Gasteiger partial charge is 0.497 e. The minimum Gasteiger partial charge on any atom is -0.497 e. The number of ether oxygens (including phenoxy) is 2. The molecular weight excluding hydrogens is 617 g/mol. The Hall–Kier alpha value is -3.07. The molecular formula is C30H30BrCl2N3O4. The highest BCUT2D eigenvalue weighted by Crippen LogP contribution is 2.37. The number of nitrogens with zero attached hydrogens (tertiary/aromatic N) is 3. The molecule has 4 rings (SSSR count). The molecule has 1 heterocycles. The molecule has 3 aromatic carbocycles. The number of aromatic nitrogens is 2. The van der Waals surface area contributed by atoms with Crippen LogP contribution in [0.2, 0.25) is 10.0 Å². The van der Waals surface area contributed by atoms with Gasteiger partial charge in [-0.25, -0.2) is 4.98 Å². The van der Waals surface area contributed by atoms with Crippen molar-refractivity contribution in [2.75, 3.05) is 20.8 Å². The molecule has 7 nitrogen and oxygen atoms in total. The van der Waals surface area contributed by atoms with E-state index in [-0.39, 0.29) is 16.5 Å². The van der Waals surface area contributed by atoms with Crippen LogP contribution in [0.15, 0.2) is 63.9 Å². The summed E-state index contributed by atoms with van der Waals surface area (Å²) in [6.45, 7) is 6.49. The standard InChI is InChI=1S/C30H30BrCl2N3O4/c1-17(2)12-13-35(29(37)19-10-11-22(32)23(33)14-19)18(3)28-34-24-9-7-6-8-21(24)30(38)36(28)25-15-20(39-4)16-26(40-5)27(25)31/h6-11,14-18H,12-13H2,1-5H3. The lowest BCUT2D eigenvalue weighted by molar-refractivity contribution is 0.0671. The van der Waals surface area contributed by atoms with Crippen molar-refractivity contribution in [2.24, 2.45) is 5.92 Å². The molecule has 0 saturated heterocycles. The average Bonchev–Trinajstić information content (AvgIpc) is 2.94. The second-order valence-electron chi connectivity index (χ2n) is 9.78. The minimum absolute atomic E-state index is 0.247. The number of amides is 1. The van der Waals surface area contributed by atoms with Crippen molar-refractivity contribution in [2.45, 2.75) is 33.2 Å². The molecule has 10 heteroatoms. The van der Waals surface area contributed by atoms with Crippen LogP contribution < -0.4 is 15.0 Å². The van der Waals surface area contributed by atoms with Crippen LogP contribution in [0, 0.1) is 5.92 Å². The number of hydrogen-bond acceptors (Lipinski definition) is 5. The molecule has 0 saturated carbocycles. The maximum atomic E-state index is 14.1. The summed E-state index contributed by atoms with van der Waals surface area (Å²) >= 11 is 16.0. The van der Waals surface area contributed by atoms with Gasteiger partial charge in [0.1, 0.15) is 17.3 Å². The molecule has 1 amide bonds. The van der Waals surface area contributed by atoms with E-state index in [4.69, 9.17) is 37.7 Å². The fourth-order valence-electron chi connectivity index (χ4n) is 4.45. The van der Waals surface area contributed by atoms with Gasteiger partial charge in [-0.2, -0.15) is 0 Å². The molecule has 1 aromatic heterocycles. The molecule has 0 radical (unpaired) electrons. The van der Waals surface area contributed by atoms with Gasteiger partial charge in [0, 0.05) is 24.2 Å². The zero-order valence-corrected chi connectivity index (χ0v) is 26.0. The van der Waals surface area contributed by atoms with Crippen molar-refractivity contribution >= 4 is 55.9 Å². The fourth-order valence-corrected chi connectivity index (χ4v) is 5.32. The van der Waals surface area contributed by atoms with Crippen LogP contribution in [0.1, 0.15) is 49.4 Å². The molecule has 0 spiro atoms. The SMILES string of the molecule is COc1cc(OC)c(Br)c(-n2c(C(C)N(CCC(C)C)C(=O)c3ccc(Cl)c(Cl)c3)nc3ccccc3c2=O)c1. The van der Waals surface area contributed by atoms with Crippen molar-refractivity contribution < 1.29 is 14.3 Å². The normalized spacial score (nSPS) is 12.0. The first kappa shape index (κ1) is 29.9. The first-order valence-electron chi connectivity index (χ1n) is 12.8. The molecule has 0 aliphatic carbocycles. The number of carbonyl (C=O) groups is 1. The molecule has 0 N–H and O–H groups in total. The summed E-state index contributed by atoms with van der Waals surface area (Å²) in [5, 5.41) is 1.09. The van der Waals surface area contributed by atoms with Crippen LogP contribution in [-0.4, -0.2) is 41.1 Å². The number of halogens is 3. The molecule has 0 aliphatic heterocycles. The monoisotopic (exact) mass is 645 g/mol. The van der Waals surface area contributed by atoms with E-state index >= 15 is 0 Å². The topological polar surface area (TPSA) is 73.7 Å². The Balaban J connectivity index is 1.98. The average molecular weight is 647 g/mol. The third-order valence-corrected chi connectivity index (χ3v) is 8.24. The predicted molar refractivity (Wildman–Crippen MR) is 164 cm³/mol. The third kappa shape index (κ3) is 5.99. The molecule has 210 valence electrons. The molecule has 0 fully saturated rings. The zero-order valence-electron chi connectivity index (χ0n) is 22.9. The number of para-hydroxylation sites is 1. The van der Waals surface area contributed by atoms with Crippen LogP contribution in [0.5, 0.6) is 11.5 Å². The van der Waals surface area contributed by atoms with E-state index in [1.165, 1.54) is 11.7 Å². The second kappa shape index (κ2) is 12.6. The molecule has 4 aromatic rings. The molecule has 0 aliphatic rings. The predicted octanol–water partition coefficient (Wildman–Crippen LogP) is 7.72. The van der Waals surface area contributed by atoms with Gasteiger partial charge in [0.05, 0.1) is 51.4 Å². The Labute approximate surface area is 251 Å². The van der Waals surface area contributed by atoms with Crippen molar-refractivity contribution in [3.8, 4) is 17.2 Å². The summed E-state index contributed by atoms with van der Waals surface area (Å²) in [6.07, 6.45) is 0.742. The molecule has 40 heavy (non-hydrogen) atoms. The number of rotatable bonds is 9. The van der Waals surface area contributed by atoms with Crippen LogP contribution in [0.4, 0.5) is 0 Å². The zero-order chi connectivity index (χ0) is 29.1. The van der Waals surface area contributed by atoms with Crippen LogP contribution >= 0.6 is 39.1 Å². The first-order valence-corrected chi connectivity index (χ1v) is 14.3. The third-order valence-electron chi connectivity index (χ3n) is 6.71. The quantitative estimate of drug-likeness (QED) is 0.186. The first-order chi connectivity index (χ1) is 19.1. The lowest BCUT2D eigenvalue weighted by Gasteiger charge is -2.31. The molecule has 0 bridgehead atoms. The van der Waals surface area contributed by atoms with Gasteiger partial charge >= 0.3 is 0 Å². The number of methoxy groups -OCH3 is 2. The highest BCUT2D eigenvalue weighted by atomic mass is 79.9. The number of carbonyl (C=O) groups excluding carboxylic acids is 1. The van der Waals surface area contributed by atoms with Gasteiger partial charge in [0.25, 0.3) is 11.5 Å². The Kier molecular flexibility index (Phi) is 9.44. The van der Waals surface area contributed by atoms with E-state index in [0.717, 1.165) is 6.42 Å². The summed E-state index contributed by atoms with van der Waals surface area (Å²) in [4.78, 5) is 34.7. The molecule has 1 atom stereocenters. The number of hydrogen-bond donors (Lipinski definition) is 0. The van der Waals surface area contributed by atoms with Crippen molar-refractivity contribution in [1.29, 1.82) is 0 Å². The van der Waals surface area contributed by atoms with Crippen molar-refractivity contribution in [3.05, 3.63) is 90.9 Å². The Morgan fingerprint density at radius 1 is 1.02 bits per heavy atom. The van der Waals surface area contributed by atoms with Gasteiger partial charge in [-0.3, -0.25) is 14.2 Å². The summed E-state index contributed by atoms with van der Waals surface area (Å²) in [7, 11) is 3.08. The van der Waals surface area contributed by atoms with Crippen molar-refractivity contribution in [1.82, 2.24) is 14.5 Å². The minimum atomic E-state index is -0.609.